The molecule has 0 aromatic rings. The van der Waals surface area contributed by atoms with Crippen molar-refractivity contribution in [1.82, 2.24) is 15.1 Å². The molecule has 4 nitrogen and oxygen atoms in total. The lowest BCUT2D eigenvalue weighted by molar-refractivity contribution is -0.134. The Morgan fingerprint density at radius 3 is 2.40 bits per heavy atom. The normalized spacial score (nSPS) is 30.7. The lowest BCUT2D eigenvalue weighted by atomic mass is 10.1. The van der Waals surface area contributed by atoms with Gasteiger partial charge < -0.3 is 10.2 Å². The molecule has 3 heterocycles. The smallest absolute Gasteiger partial charge is 0.227 e. The number of piperidine rings is 1. The molecule has 0 aromatic heterocycles. The van der Waals surface area contributed by atoms with Gasteiger partial charge in [-0.15, -0.1) is 24.8 Å². The Kier molecular flexibility index (Phi) is 7.59. The summed E-state index contributed by atoms with van der Waals surface area (Å²) in [7, 11) is 0. The molecule has 0 spiro atoms. The minimum Gasteiger partial charge on any atom is -0.341 e. The standard InChI is InChI=1S/C14H25N3O.2ClH/c18-14(12-4-6-15-10-12)17-9-5-13(11-17)16-7-2-1-3-8-16;;/h12-13,15H,1-11H2;2*1H. The maximum Gasteiger partial charge on any atom is 0.227 e. The van der Waals surface area contributed by atoms with Crippen molar-refractivity contribution >= 4 is 30.7 Å². The van der Waals surface area contributed by atoms with Crippen LogP contribution >= 0.6 is 24.8 Å². The van der Waals surface area contributed by atoms with E-state index in [1.807, 2.05) is 0 Å². The van der Waals surface area contributed by atoms with Crippen molar-refractivity contribution in [3.05, 3.63) is 0 Å². The van der Waals surface area contributed by atoms with Gasteiger partial charge in [-0.2, -0.15) is 0 Å². The molecule has 3 saturated heterocycles. The van der Waals surface area contributed by atoms with Gasteiger partial charge in [0.25, 0.3) is 0 Å². The monoisotopic (exact) mass is 323 g/mol. The molecule has 1 amide bonds. The van der Waals surface area contributed by atoms with E-state index in [9.17, 15) is 4.79 Å². The zero-order valence-corrected chi connectivity index (χ0v) is 13.7. The fourth-order valence-electron chi connectivity index (χ4n) is 3.65. The molecule has 0 aliphatic carbocycles. The summed E-state index contributed by atoms with van der Waals surface area (Å²) in [5.74, 6) is 0.657. The van der Waals surface area contributed by atoms with E-state index >= 15 is 0 Å². The van der Waals surface area contributed by atoms with Crippen LogP contribution in [0.15, 0.2) is 0 Å². The predicted octanol–water partition coefficient (Wildman–Crippen LogP) is 1.53. The molecule has 6 heteroatoms. The second-order valence-electron chi connectivity index (χ2n) is 6.01. The van der Waals surface area contributed by atoms with E-state index in [1.54, 1.807) is 0 Å². The number of likely N-dealkylation sites (tertiary alicyclic amines) is 2. The molecule has 3 fully saturated rings. The van der Waals surface area contributed by atoms with Crippen LogP contribution < -0.4 is 5.32 Å². The zero-order valence-electron chi connectivity index (χ0n) is 12.1. The Labute approximate surface area is 134 Å². The van der Waals surface area contributed by atoms with Gasteiger partial charge in [-0.05, 0) is 45.3 Å². The summed E-state index contributed by atoms with van der Waals surface area (Å²) < 4.78 is 0. The van der Waals surface area contributed by atoms with Crippen molar-refractivity contribution in [2.75, 3.05) is 39.3 Å². The van der Waals surface area contributed by atoms with Crippen molar-refractivity contribution in [2.45, 2.75) is 38.1 Å². The van der Waals surface area contributed by atoms with Crippen LogP contribution in [0.2, 0.25) is 0 Å². The Bertz CT molecular complexity index is 305. The van der Waals surface area contributed by atoms with E-state index in [4.69, 9.17) is 0 Å². The number of rotatable bonds is 2. The largest absolute Gasteiger partial charge is 0.341 e. The highest BCUT2D eigenvalue weighted by molar-refractivity contribution is 5.85. The van der Waals surface area contributed by atoms with Gasteiger partial charge in [0.05, 0.1) is 5.92 Å². The topological polar surface area (TPSA) is 35.6 Å². The number of carbonyl (C=O) groups excluding carboxylic acids is 1. The van der Waals surface area contributed by atoms with Gasteiger partial charge in [0.1, 0.15) is 0 Å². The first-order valence-corrected chi connectivity index (χ1v) is 7.58. The van der Waals surface area contributed by atoms with Gasteiger partial charge in [-0.3, -0.25) is 9.69 Å². The molecule has 2 unspecified atom stereocenters. The molecule has 1 N–H and O–H groups in total. The number of nitrogens with zero attached hydrogens (tertiary/aromatic N) is 2. The second kappa shape index (κ2) is 8.42. The van der Waals surface area contributed by atoms with E-state index < -0.39 is 0 Å². The van der Waals surface area contributed by atoms with Crippen molar-refractivity contribution < 1.29 is 4.79 Å². The maximum absolute atomic E-state index is 12.3. The average molecular weight is 324 g/mol. The number of nitrogens with one attached hydrogen (secondary N) is 1. The van der Waals surface area contributed by atoms with Gasteiger partial charge in [0.15, 0.2) is 0 Å². The van der Waals surface area contributed by atoms with E-state index in [-0.39, 0.29) is 30.7 Å². The molecule has 3 rings (SSSR count). The lowest BCUT2D eigenvalue weighted by Gasteiger charge is -2.32. The molecule has 0 saturated carbocycles. The fraction of sp³-hybridized carbons (Fsp3) is 0.929. The lowest BCUT2D eigenvalue weighted by Crippen LogP contribution is -2.42. The van der Waals surface area contributed by atoms with Gasteiger partial charge >= 0.3 is 0 Å². The first-order valence-electron chi connectivity index (χ1n) is 7.58. The van der Waals surface area contributed by atoms with Crippen molar-refractivity contribution in [1.29, 1.82) is 0 Å². The van der Waals surface area contributed by atoms with E-state index in [2.05, 4.69) is 15.1 Å². The highest BCUT2D eigenvalue weighted by Gasteiger charge is 2.34. The minimum atomic E-state index is 0. The first-order chi connectivity index (χ1) is 8.84. The third-order valence-corrected chi connectivity index (χ3v) is 4.79. The third kappa shape index (κ3) is 4.00. The highest BCUT2D eigenvalue weighted by atomic mass is 35.5. The van der Waals surface area contributed by atoms with Crippen LogP contribution in [-0.4, -0.2) is 61.0 Å². The molecular weight excluding hydrogens is 297 g/mol. The number of hydrogen-bond donors (Lipinski definition) is 1. The molecule has 2 atom stereocenters. The zero-order chi connectivity index (χ0) is 12.4. The average Bonchev–Trinajstić information content (AvgIpc) is 3.10. The Morgan fingerprint density at radius 2 is 1.75 bits per heavy atom. The summed E-state index contributed by atoms with van der Waals surface area (Å²) in [5, 5.41) is 3.29. The number of halogens is 2. The molecule has 20 heavy (non-hydrogen) atoms. The fourth-order valence-corrected chi connectivity index (χ4v) is 3.65. The van der Waals surface area contributed by atoms with Crippen LogP contribution in [0.1, 0.15) is 32.1 Å². The van der Waals surface area contributed by atoms with Crippen LogP contribution in [-0.2, 0) is 4.79 Å². The Morgan fingerprint density at radius 1 is 1.00 bits per heavy atom. The summed E-state index contributed by atoms with van der Waals surface area (Å²) in [6.45, 7) is 6.37. The van der Waals surface area contributed by atoms with E-state index in [0.717, 1.165) is 32.6 Å². The van der Waals surface area contributed by atoms with Gasteiger partial charge in [-0.25, -0.2) is 0 Å². The molecule has 0 aromatic carbocycles. The number of hydrogen-bond acceptors (Lipinski definition) is 3. The Hall–Kier alpha value is -0.0300. The molecular formula is C14H27Cl2N3O. The predicted molar refractivity (Wildman–Crippen MR) is 85.9 cm³/mol. The molecule has 3 aliphatic heterocycles. The quantitative estimate of drug-likeness (QED) is 0.837. The Balaban J connectivity index is 0.000001000. The summed E-state index contributed by atoms with van der Waals surface area (Å²) >= 11 is 0. The summed E-state index contributed by atoms with van der Waals surface area (Å²) in [6, 6.07) is 0.642. The third-order valence-electron chi connectivity index (χ3n) is 4.79. The summed E-state index contributed by atoms with van der Waals surface area (Å²) in [4.78, 5) is 17.1. The summed E-state index contributed by atoms with van der Waals surface area (Å²) in [5.41, 5.74) is 0. The van der Waals surface area contributed by atoms with E-state index in [1.165, 1.54) is 38.8 Å². The first kappa shape index (κ1) is 18.0. The highest BCUT2D eigenvalue weighted by Crippen LogP contribution is 2.22. The van der Waals surface area contributed by atoms with Crippen LogP contribution in [0.5, 0.6) is 0 Å². The van der Waals surface area contributed by atoms with Gasteiger partial charge in [0, 0.05) is 25.7 Å². The molecule has 3 aliphatic rings. The second-order valence-corrected chi connectivity index (χ2v) is 6.01. The van der Waals surface area contributed by atoms with Gasteiger partial charge in [-0.1, -0.05) is 6.42 Å². The molecule has 0 radical (unpaired) electrons. The maximum atomic E-state index is 12.3. The number of carbonyl (C=O) groups is 1. The summed E-state index contributed by atoms with van der Waals surface area (Å²) in [6.07, 6.45) is 6.29. The van der Waals surface area contributed by atoms with Crippen LogP contribution in [0.3, 0.4) is 0 Å². The SMILES string of the molecule is Cl.Cl.O=C(C1CCNC1)N1CCC(N2CCCCC2)C1. The van der Waals surface area contributed by atoms with Crippen molar-refractivity contribution in [2.24, 2.45) is 5.92 Å². The molecule has 0 bridgehead atoms. The van der Waals surface area contributed by atoms with Crippen molar-refractivity contribution in [3.63, 3.8) is 0 Å². The number of amides is 1. The van der Waals surface area contributed by atoms with Crippen LogP contribution in [0, 0.1) is 5.92 Å². The van der Waals surface area contributed by atoms with E-state index in [0.29, 0.717) is 11.9 Å². The van der Waals surface area contributed by atoms with Crippen LogP contribution in [0.4, 0.5) is 0 Å². The van der Waals surface area contributed by atoms with Crippen LogP contribution in [0.25, 0.3) is 0 Å². The van der Waals surface area contributed by atoms with Gasteiger partial charge in [0.2, 0.25) is 5.91 Å². The molecule has 118 valence electrons. The minimum absolute atomic E-state index is 0. The van der Waals surface area contributed by atoms with Crippen molar-refractivity contribution in [3.8, 4) is 0 Å².